The Morgan fingerprint density at radius 3 is 2.54 bits per heavy atom. The molecule has 0 saturated heterocycles. The average Bonchev–Trinajstić information content (AvgIpc) is 3.08. The number of pyridine rings is 1. The Morgan fingerprint density at radius 2 is 1.88 bits per heavy atom. The zero-order valence-corrected chi connectivity index (χ0v) is 15.6. The number of sulfonamides is 1. The van der Waals surface area contributed by atoms with Gasteiger partial charge in [0.15, 0.2) is 5.65 Å². The number of aromatic nitrogens is 3. The lowest BCUT2D eigenvalue weighted by molar-refractivity contribution is 0.399. The molecule has 0 amide bonds. The summed E-state index contributed by atoms with van der Waals surface area (Å²) in [4.78, 5) is 12.2. The fraction of sp³-hybridized carbons (Fsp3) is 0.294. The van der Waals surface area contributed by atoms with E-state index in [-0.39, 0.29) is 10.9 Å². The number of ether oxygens (including phenoxy) is 1. The highest BCUT2D eigenvalue weighted by atomic mass is 32.2. The van der Waals surface area contributed by atoms with Gasteiger partial charge in [-0.25, -0.2) is 18.1 Å². The minimum Gasteiger partial charge on any atom is -0.481 e. The van der Waals surface area contributed by atoms with Crippen LogP contribution in [0.25, 0.3) is 11.2 Å². The van der Waals surface area contributed by atoms with Crippen molar-refractivity contribution in [2.24, 2.45) is 0 Å². The van der Waals surface area contributed by atoms with Crippen LogP contribution in [0.2, 0.25) is 0 Å². The molecule has 3 rings (SSSR count). The lowest BCUT2D eigenvalue weighted by Gasteiger charge is -2.14. The van der Waals surface area contributed by atoms with Gasteiger partial charge in [0.2, 0.25) is 15.9 Å². The quantitative estimate of drug-likeness (QED) is 0.580. The van der Waals surface area contributed by atoms with E-state index in [1.165, 1.54) is 7.05 Å². The van der Waals surface area contributed by atoms with Crippen molar-refractivity contribution in [1.29, 1.82) is 0 Å². The van der Waals surface area contributed by atoms with Crippen LogP contribution in [0.1, 0.15) is 24.4 Å². The number of nitrogens with zero attached hydrogens (tertiary/aromatic N) is 2. The smallest absolute Gasteiger partial charge is 0.240 e. The second kappa shape index (κ2) is 7.40. The fourth-order valence-corrected chi connectivity index (χ4v) is 3.27. The Labute approximate surface area is 152 Å². The SMILES string of the molecule is CNS(=O)(=O)c1ccc(C(C)NCc2nc3nc(OC)ccc3[nH]2)cc1. The zero-order chi connectivity index (χ0) is 18.7. The fourth-order valence-electron chi connectivity index (χ4n) is 2.54. The Hall–Kier alpha value is -2.49. The number of nitrogens with one attached hydrogen (secondary N) is 3. The first-order valence-electron chi connectivity index (χ1n) is 8.09. The first kappa shape index (κ1) is 18.3. The Kier molecular flexibility index (Phi) is 5.21. The molecule has 9 heteroatoms. The van der Waals surface area contributed by atoms with Crippen LogP contribution in [0.3, 0.4) is 0 Å². The third kappa shape index (κ3) is 3.85. The number of rotatable bonds is 7. The van der Waals surface area contributed by atoms with Crippen LogP contribution in [0.15, 0.2) is 41.3 Å². The predicted octanol–water partition coefficient (Wildman–Crippen LogP) is 1.73. The molecule has 2 heterocycles. The summed E-state index contributed by atoms with van der Waals surface area (Å²) in [5.41, 5.74) is 2.43. The van der Waals surface area contributed by atoms with Crippen molar-refractivity contribution < 1.29 is 13.2 Å². The molecule has 8 nitrogen and oxygen atoms in total. The molecule has 1 atom stereocenters. The Balaban J connectivity index is 1.67. The molecular weight excluding hydrogens is 354 g/mol. The summed E-state index contributed by atoms with van der Waals surface area (Å²) in [5.74, 6) is 1.29. The van der Waals surface area contributed by atoms with Gasteiger partial charge in [-0.1, -0.05) is 12.1 Å². The molecule has 3 aromatic rings. The largest absolute Gasteiger partial charge is 0.481 e. The summed E-state index contributed by atoms with van der Waals surface area (Å²) in [5, 5.41) is 3.36. The number of H-pyrrole nitrogens is 1. The number of hydrogen-bond donors (Lipinski definition) is 3. The molecule has 0 bridgehead atoms. The normalized spacial score (nSPS) is 13.0. The van der Waals surface area contributed by atoms with E-state index in [1.54, 1.807) is 37.4 Å². The van der Waals surface area contributed by atoms with Gasteiger partial charge >= 0.3 is 0 Å². The summed E-state index contributed by atoms with van der Waals surface area (Å²) in [6.45, 7) is 2.53. The molecule has 0 aliphatic heterocycles. The van der Waals surface area contributed by atoms with E-state index in [0.717, 1.165) is 16.9 Å². The molecule has 0 saturated carbocycles. The zero-order valence-electron chi connectivity index (χ0n) is 14.8. The second-order valence-electron chi connectivity index (χ2n) is 5.79. The van der Waals surface area contributed by atoms with Crippen molar-refractivity contribution in [3.05, 3.63) is 47.8 Å². The molecule has 1 unspecified atom stereocenters. The van der Waals surface area contributed by atoms with Gasteiger partial charge in [-0.2, -0.15) is 4.98 Å². The van der Waals surface area contributed by atoms with Crippen LogP contribution < -0.4 is 14.8 Å². The van der Waals surface area contributed by atoms with E-state index in [1.807, 2.05) is 13.0 Å². The molecule has 0 aliphatic carbocycles. The number of imidazole rings is 1. The predicted molar refractivity (Wildman–Crippen MR) is 98.4 cm³/mol. The Morgan fingerprint density at radius 1 is 1.15 bits per heavy atom. The maximum Gasteiger partial charge on any atom is 0.240 e. The van der Waals surface area contributed by atoms with Gasteiger partial charge in [-0.3, -0.25) is 0 Å². The second-order valence-corrected chi connectivity index (χ2v) is 7.67. The number of aromatic amines is 1. The van der Waals surface area contributed by atoms with Crippen LogP contribution in [0.4, 0.5) is 0 Å². The van der Waals surface area contributed by atoms with Crippen LogP contribution in [-0.2, 0) is 16.6 Å². The van der Waals surface area contributed by atoms with Crippen molar-refractivity contribution in [1.82, 2.24) is 25.0 Å². The Bertz CT molecular complexity index is 999. The minimum absolute atomic E-state index is 0.0250. The highest BCUT2D eigenvalue weighted by Crippen LogP contribution is 2.18. The van der Waals surface area contributed by atoms with E-state index in [4.69, 9.17) is 4.74 Å². The van der Waals surface area contributed by atoms with Crippen molar-refractivity contribution in [2.45, 2.75) is 24.4 Å². The summed E-state index contributed by atoms with van der Waals surface area (Å²) >= 11 is 0. The van der Waals surface area contributed by atoms with Gasteiger partial charge in [0.1, 0.15) is 5.82 Å². The molecule has 138 valence electrons. The molecule has 0 spiro atoms. The lowest BCUT2D eigenvalue weighted by Crippen LogP contribution is -2.20. The minimum atomic E-state index is -3.42. The topological polar surface area (TPSA) is 109 Å². The van der Waals surface area contributed by atoms with Gasteiger partial charge in [-0.15, -0.1) is 0 Å². The van der Waals surface area contributed by atoms with Gasteiger partial charge in [0.25, 0.3) is 0 Å². The van der Waals surface area contributed by atoms with Crippen LogP contribution >= 0.6 is 0 Å². The molecule has 2 aromatic heterocycles. The monoisotopic (exact) mass is 375 g/mol. The van der Waals surface area contributed by atoms with Crippen molar-refractivity contribution in [3.8, 4) is 5.88 Å². The summed E-state index contributed by atoms with van der Waals surface area (Å²) in [7, 11) is -0.458. The lowest BCUT2D eigenvalue weighted by atomic mass is 10.1. The van der Waals surface area contributed by atoms with Crippen molar-refractivity contribution in [3.63, 3.8) is 0 Å². The van der Waals surface area contributed by atoms with Crippen LogP contribution in [0.5, 0.6) is 5.88 Å². The summed E-state index contributed by atoms with van der Waals surface area (Å²) in [6.07, 6.45) is 0. The average molecular weight is 375 g/mol. The summed E-state index contributed by atoms with van der Waals surface area (Å²) in [6, 6.07) is 10.5. The van der Waals surface area contributed by atoms with Gasteiger partial charge in [0.05, 0.1) is 24.1 Å². The molecular formula is C17H21N5O3S. The molecule has 1 aromatic carbocycles. The van der Waals surface area contributed by atoms with E-state index >= 15 is 0 Å². The molecule has 3 N–H and O–H groups in total. The third-order valence-electron chi connectivity index (χ3n) is 4.11. The van der Waals surface area contributed by atoms with Gasteiger partial charge in [0, 0.05) is 12.1 Å². The third-order valence-corrected chi connectivity index (χ3v) is 5.54. The van der Waals surface area contributed by atoms with E-state index < -0.39 is 10.0 Å². The van der Waals surface area contributed by atoms with E-state index in [9.17, 15) is 8.42 Å². The highest BCUT2D eigenvalue weighted by molar-refractivity contribution is 7.89. The van der Waals surface area contributed by atoms with Crippen molar-refractivity contribution >= 4 is 21.2 Å². The van der Waals surface area contributed by atoms with Gasteiger partial charge < -0.3 is 15.0 Å². The standard InChI is InChI=1S/C17H21N5O3S/c1-11(12-4-6-13(7-5-12)26(23,24)18-2)19-10-15-20-14-8-9-16(25-3)22-17(14)21-15/h4-9,11,18-19H,10H2,1-3H3,(H,20,21,22). The molecule has 0 aliphatic rings. The molecule has 0 fully saturated rings. The van der Waals surface area contributed by atoms with E-state index in [0.29, 0.717) is 18.1 Å². The number of hydrogen-bond acceptors (Lipinski definition) is 6. The summed E-state index contributed by atoms with van der Waals surface area (Å²) < 4.78 is 30.9. The maximum absolute atomic E-state index is 11.8. The maximum atomic E-state index is 11.8. The highest BCUT2D eigenvalue weighted by Gasteiger charge is 2.13. The molecule has 26 heavy (non-hydrogen) atoms. The molecule has 0 radical (unpaired) electrons. The first-order chi connectivity index (χ1) is 12.4. The van der Waals surface area contributed by atoms with E-state index in [2.05, 4.69) is 25.0 Å². The number of fused-ring (bicyclic) bond motifs is 1. The van der Waals surface area contributed by atoms with Crippen LogP contribution in [-0.4, -0.2) is 37.5 Å². The van der Waals surface area contributed by atoms with Gasteiger partial charge in [-0.05, 0) is 37.7 Å². The van der Waals surface area contributed by atoms with Crippen molar-refractivity contribution in [2.75, 3.05) is 14.2 Å². The first-order valence-corrected chi connectivity index (χ1v) is 9.58. The van der Waals surface area contributed by atoms with Crippen LogP contribution in [0, 0.1) is 0 Å². The number of methoxy groups -OCH3 is 1. The number of benzene rings is 1.